The van der Waals surface area contributed by atoms with E-state index in [2.05, 4.69) is 25.5 Å². The van der Waals surface area contributed by atoms with Crippen LogP contribution in [0, 0.1) is 20.8 Å². The van der Waals surface area contributed by atoms with Gasteiger partial charge >= 0.3 is 0 Å². The number of nitrogens with one attached hydrogen (secondary N) is 1. The zero-order chi connectivity index (χ0) is 28.7. The molecule has 0 atom stereocenters. The van der Waals surface area contributed by atoms with Crippen molar-refractivity contribution < 1.29 is 13.2 Å². The fourth-order valence-corrected chi connectivity index (χ4v) is 6.63. The number of hydrogen-bond donors (Lipinski definition) is 1. The van der Waals surface area contributed by atoms with Gasteiger partial charge in [0.1, 0.15) is 12.1 Å². The topological polar surface area (TPSA) is 128 Å². The summed E-state index contributed by atoms with van der Waals surface area (Å²) in [6.45, 7) is 6.96. The molecule has 2 aromatic carbocycles. The number of aryl methyl sites for hydroxylation is 2. The molecule has 1 fully saturated rings. The number of hydrogen-bond acceptors (Lipinski definition) is 7. The van der Waals surface area contributed by atoms with Crippen molar-refractivity contribution in [3.63, 3.8) is 0 Å². The molecule has 0 radical (unpaired) electrons. The fraction of sp³-hybridized carbons (Fsp3) is 0.276. The van der Waals surface area contributed by atoms with E-state index in [0.29, 0.717) is 47.0 Å². The van der Waals surface area contributed by atoms with Crippen LogP contribution in [0.4, 0.5) is 5.82 Å². The number of anilines is 1. The zero-order valence-electron chi connectivity index (χ0n) is 23.1. The molecule has 1 aliphatic rings. The molecule has 1 saturated heterocycles. The van der Waals surface area contributed by atoms with Crippen LogP contribution >= 0.6 is 0 Å². The van der Waals surface area contributed by atoms with E-state index < -0.39 is 15.9 Å². The molecule has 1 N–H and O–H groups in total. The predicted octanol–water partition coefficient (Wildman–Crippen LogP) is 4.35. The standard InChI is InChI=1S/C29H30N8O3S/c1-19-8-7-9-25(21(19)3)36-27-24(17-32-36)28(31-18-30-27)37-26(16-20(2)34-37)33-29(38)22-10-12-23(13-11-22)41(39,40)35-14-5-4-6-15-35/h7-13,16-18H,4-6,14-15H2,1-3H3,(H,33,38). The van der Waals surface area contributed by atoms with Gasteiger partial charge in [-0.15, -0.1) is 0 Å². The number of aromatic nitrogens is 6. The van der Waals surface area contributed by atoms with Gasteiger partial charge < -0.3 is 5.32 Å². The summed E-state index contributed by atoms with van der Waals surface area (Å²) in [5.74, 6) is 0.486. The first-order valence-electron chi connectivity index (χ1n) is 13.5. The van der Waals surface area contributed by atoms with Crippen molar-refractivity contribution in [1.29, 1.82) is 0 Å². The van der Waals surface area contributed by atoms with Gasteiger partial charge in [-0.1, -0.05) is 18.6 Å². The molecule has 210 valence electrons. The maximum atomic E-state index is 13.2. The molecule has 0 bridgehead atoms. The third-order valence-corrected chi connectivity index (χ3v) is 9.40. The third kappa shape index (κ3) is 4.89. The van der Waals surface area contributed by atoms with Crippen molar-refractivity contribution in [2.24, 2.45) is 0 Å². The molecule has 11 nitrogen and oxygen atoms in total. The van der Waals surface area contributed by atoms with Crippen molar-refractivity contribution in [3.05, 3.63) is 83.4 Å². The van der Waals surface area contributed by atoms with Crippen LogP contribution < -0.4 is 5.32 Å². The number of amides is 1. The highest BCUT2D eigenvalue weighted by molar-refractivity contribution is 7.89. The van der Waals surface area contributed by atoms with E-state index in [0.717, 1.165) is 36.1 Å². The normalized spacial score (nSPS) is 14.4. The highest BCUT2D eigenvalue weighted by Gasteiger charge is 2.26. The van der Waals surface area contributed by atoms with Gasteiger partial charge in [-0.05, 0) is 75.1 Å². The average molecular weight is 571 g/mol. The number of carbonyl (C=O) groups is 1. The molecule has 5 aromatic rings. The first kappa shape index (κ1) is 26.8. The minimum absolute atomic E-state index is 0.182. The van der Waals surface area contributed by atoms with E-state index in [1.54, 1.807) is 21.6 Å². The molecule has 4 heterocycles. The maximum Gasteiger partial charge on any atom is 0.256 e. The second-order valence-electron chi connectivity index (χ2n) is 10.2. The molecule has 12 heteroatoms. The Hall–Kier alpha value is -4.42. The first-order valence-corrected chi connectivity index (χ1v) is 14.9. The summed E-state index contributed by atoms with van der Waals surface area (Å²) in [4.78, 5) is 22.4. The van der Waals surface area contributed by atoms with Crippen molar-refractivity contribution in [3.8, 4) is 11.5 Å². The quantitative estimate of drug-likeness (QED) is 0.321. The Labute approximate surface area is 237 Å². The van der Waals surface area contributed by atoms with E-state index in [9.17, 15) is 13.2 Å². The van der Waals surface area contributed by atoms with E-state index in [-0.39, 0.29) is 4.90 Å². The number of carbonyl (C=O) groups excluding carboxylic acids is 1. The smallest absolute Gasteiger partial charge is 0.256 e. The Morgan fingerprint density at radius 1 is 0.927 bits per heavy atom. The van der Waals surface area contributed by atoms with Gasteiger partial charge in [-0.25, -0.2) is 23.1 Å². The van der Waals surface area contributed by atoms with Crippen LogP contribution in [-0.4, -0.2) is 61.2 Å². The summed E-state index contributed by atoms with van der Waals surface area (Å²) in [5, 5.41) is 12.7. The number of sulfonamides is 1. The largest absolute Gasteiger partial charge is 0.306 e. The molecule has 6 rings (SSSR count). The van der Waals surface area contributed by atoms with Crippen molar-refractivity contribution >= 4 is 32.8 Å². The predicted molar refractivity (Wildman–Crippen MR) is 155 cm³/mol. The number of nitrogens with zero attached hydrogens (tertiary/aromatic N) is 7. The number of rotatable bonds is 6. The van der Waals surface area contributed by atoms with Crippen LogP contribution in [0.3, 0.4) is 0 Å². The minimum atomic E-state index is -3.58. The second kappa shape index (κ2) is 10.5. The van der Waals surface area contributed by atoms with Gasteiger partial charge in [0, 0.05) is 24.7 Å². The molecular weight excluding hydrogens is 540 g/mol. The Bertz CT molecular complexity index is 1870. The molecule has 1 amide bonds. The van der Waals surface area contributed by atoms with E-state index >= 15 is 0 Å². The molecule has 3 aromatic heterocycles. The van der Waals surface area contributed by atoms with E-state index in [1.807, 2.05) is 39.0 Å². The van der Waals surface area contributed by atoms with Gasteiger partial charge in [0.2, 0.25) is 10.0 Å². The van der Waals surface area contributed by atoms with Gasteiger partial charge in [-0.3, -0.25) is 4.79 Å². The Kier molecular flexibility index (Phi) is 6.88. The SMILES string of the molecule is Cc1cc(NC(=O)c2ccc(S(=O)(=O)N3CCCCC3)cc2)n(-c2ncnc3c2cnn3-c2cccc(C)c2C)n1. The van der Waals surface area contributed by atoms with Crippen molar-refractivity contribution in [1.82, 2.24) is 33.8 Å². The summed E-state index contributed by atoms with van der Waals surface area (Å²) in [7, 11) is -3.58. The Balaban J connectivity index is 1.29. The number of benzene rings is 2. The molecule has 0 spiro atoms. The summed E-state index contributed by atoms with van der Waals surface area (Å²) in [6, 6.07) is 13.8. The van der Waals surface area contributed by atoms with E-state index in [1.165, 1.54) is 34.9 Å². The van der Waals surface area contributed by atoms with E-state index in [4.69, 9.17) is 0 Å². The lowest BCUT2D eigenvalue weighted by Gasteiger charge is -2.25. The molecule has 0 saturated carbocycles. The van der Waals surface area contributed by atoms with Crippen molar-refractivity contribution in [2.45, 2.75) is 44.9 Å². The maximum absolute atomic E-state index is 13.2. The minimum Gasteiger partial charge on any atom is -0.306 e. The lowest BCUT2D eigenvalue weighted by Crippen LogP contribution is -2.35. The lowest BCUT2D eigenvalue weighted by atomic mass is 10.1. The van der Waals surface area contributed by atoms with Crippen LogP contribution in [0.25, 0.3) is 22.5 Å². The van der Waals surface area contributed by atoms with Crippen molar-refractivity contribution in [2.75, 3.05) is 18.4 Å². The summed E-state index contributed by atoms with van der Waals surface area (Å²) in [5.41, 5.74) is 4.77. The van der Waals surface area contributed by atoms with Gasteiger partial charge in [0.05, 0.1) is 27.9 Å². The second-order valence-corrected chi connectivity index (χ2v) is 12.2. The van der Waals surface area contributed by atoms with Crippen LogP contribution in [0.15, 0.2) is 66.0 Å². The molecular formula is C29H30N8O3S. The highest BCUT2D eigenvalue weighted by Crippen LogP contribution is 2.27. The summed E-state index contributed by atoms with van der Waals surface area (Å²) in [6.07, 6.45) is 5.90. The van der Waals surface area contributed by atoms with Gasteiger partial charge in [0.15, 0.2) is 11.5 Å². The Morgan fingerprint density at radius 3 is 2.44 bits per heavy atom. The van der Waals surface area contributed by atoms with Crippen LogP contribution in [0.2, 0.25) is 0 Å². The molecule has 1 aliphatic heterocycles. The van der Waals surface area contributed by atoms with Gasteiger partial charge in [0.25, 0.3) is 5.91 Å². The average Bonchev–Trinajstić information content (AvgIpc) is 3.58. The molecule has 41 heavy (non-hydrogen) atoms. The molecule has 0 unspecified atom stereocenters. The molecule has 0 aliphatic carbocycles. The zero-order valence-corrected chi connectivity index (χ0v) is 23.9. The lowest BCUT2D eigenvalue weighted by molar-refractivity contribution is 0.102. The number of fused-ring (bicyclic) bond motifs is 1. The third-order valence-electron chi connectivity index (χ3n) is 7.49. The van der Waals surface area contributed by atoms with Crippen LogP contribution in [-0.2, 0) is 10.0 Å². The fourth-order valence-electron chi connectivity index (χ4n) is 5.11. The Morgan fingerprint density at radius 2 is 1.68 bits per heavy atom. The summed E-state index contributed by atoms with van der Waals surface area (Å²) >= 11 is 0. The monoisotopic (exact) mass is 570 g/mol. The van der Waals surface area contributed by atoms with Gasteiger partial charge in [-0.2, -0.15) is 19.2 Å². The number of piperidine rings is 1. The first-order chi connectivity index (χ1) is 19.7. The highest BCUT2D eigenvalue weighted by atomic mass is 32.2. The summed E-state index contributed by atoms with van der Waals surface area (Å²) < 4.78 is 30.8. The van der Waals surface area contributed by atoms with Crippen LogP contribution in [0.1, 0.15) is 46.4 Å². The van der Waals surface area contributed by atoms with Crippen LogP contribution in [0.5, 0.6) is 0 Å².